The first-order chi connectivity index (χ1) is 16.3. The van der Waals surface area contributed by atoms with Crippen molar-refractivity contribution in [2.75, 3.05) is 40.2 Å². The summed E-state index contributed by atoms with van der Waals surface area (Å²) in [6.07, 6.45) is 0.530. The third-order valence-corrected chi connectivity index (χ3v) is 6.09. The van der Waals surface area contributed by atoms with Gasteiger partial charge in [0.2, 0.25) is 5.91 Å². The highest BCUT2D eigenvalue weighted by Crippen LogP contribution is 2.28. The van der Waals surface area contributed by atoms with E-state index < -0.39 is 12.0 Å². The third kappa shape index (κ3) is 5.45. The van der Waals surface area contributed by atoms with Gasteiger partial charge in [-0.3, -0.25) is 14.5 Å². The monoisotopic (exact) mass is 485 g/mol. The lowest BCUT2D eigenvalue weighted by molar-refractivity contribution is -0.130. The second-order valence-electron chi connectivity index (χ2n) is 7.65. The average molecular weight is 486 g/mol. The van der Waals surface area contributed by atoms with E-state index in [1.807, 2.05) is 18.2 Å². The number of carbonyl (C=O) groups excluding carboxylic acids is 3. The molecular formula is C24H27N3O6S. The van der Waals surface area contributed by atoms with Crippen LogP contribution in [0.5, 0.6) is 11.5 Å². The number of hydrogen-bond donors (Lipinski definition) is 1. The van der Waals surface area contributed by atoms with Crippen molar-refractivity contribution in [3.63, 3.8) is 0 Å². The van der Waals surface area contributed by atoms with E-state index in [9.17, 15) is 14.4 Å². The Morgan fingerprint density at radius 1 is 1.03 bits per heavy atom. The molecule has 0 unspecified atom stereocenters. The van der Waals surface area contributed by atoms with Gasteiger partial charge in [0.25, 0.3) is 5.91 Å². The lowest BCUT2D eigenvalue weighted by atomic mass is 10.1. The summed E-state index contributed by atoms with van der Waals surface area (Å²) in [6, 6.07) is 11.2. The summed E-state index contributed by atoms with van der Waals surface area (Å²) in [4.78, 5) is 40.2. The average Bonchev–Trinajstić information content (AvgIpc) is 3.05. The van der Waals surface area contributed by atoms with Gasteiger partial charge in [-0.1, -0.05) is 6.07 Å². The van der Waals surface area contributed by atoms with Crippen LogP contribution >= 0.6 is 12.2 Å². The molecule has 0 bridgehead atoms. The van der Waals surface area contributed by atoms with Crippen molar-refractivity contribution >= 4 is 40.8 Å². The van der Waals surface area contributed by atoms with E-state index in [0.29, 0.717) is 40.8 Å². The summed E-state index contributed by atoms with van der Waals surface area (Å²) < 4.78 is 15.3. The van der Waals surface area contributed by atoms with Gasteiger partial charge in [0.05, 0.1) is 33.3 Å². The zero-order valence-electron chi connectivity index (χ0n) is 19.5. The number of benzene rings is 2. The number of anilines is 1. The van der Waals surface area contributed by atoms with E-state index in [-0.39, 0.29) is 18.2 Å². The number of esters is 1. The smallest absolute Gasteiger partial charge is 0.337 e. The van der Waals surface area contributed by atoms with Crippen LogP contribution in [0.25, 0.3) is 0 Å². The number of amides is 2. The number of likely N-dealkylation sites (N-methyl/N-ethyl adjacent to an activating group) is 1. The molecule has 1 saturated heterocycles. The minimum Gasteiger partial charge on any atom is -0.493 e. The molecule has 1 atom stereocenters. The van der Waals surface area contributed by atoms with E-state index in [1.54, 1.807) is 50.4 Å². The SMILES string of the molecule is COC(=O)c1ccc(NC(=O)C[C@H]2C(=O)N(C)C(=S)N2CCc2ccc(OC)c(OC)c2)cc1. The number of nitrogens with one attached hydrogen (secondary N) is 1. The third-order valence-electron chi connectivity index (χ3n) is 5.58. The molecule has 0 radical (unpaired) electrons. The Kier molecular flexibility index (Phi) is 8.06. The lowest BCUT2D eigenvalue weighted by Gasteiger charge is -2.23. The van der Waals surface area contributed by atoms with Crippen molar-refractivity contribution in [3.05, 3.63) is 53.6 Å². The van der Waals surface area contributed by atoms with E-state index in [2.05, 4.69) is 10.1 Å². The van der Waals surface area contributed by atoms with Crippen LogP contribution in [-0.2, 0) is 20.7 Å². The number of carbonyl (C=O) groups is 3. The molecule has 2 aromatic carbocycles. The number of hydrogen-bond acceptors (Lipinski definition) is 7. The predicted molar refractivity (Wildman–Crippen MR) is 130 cm³/mol. The molecule has 0 saturated carbocycles. The largest absolute Gasteiger partial charge is 0.493 e. The number of ether oxygens (including phenoxy) is 3. The van der Waals surface area contributed by atoms with Gasteiger partial charge in [0.1, 0.15) is 6.04 Å². The van der Waals surface area contributed by atoms with Crippen molar-refractivity contribution in [2.24, 2.45) is 0 Å². The van der Waals surface area contributed by atoms with Gasteiger partial charge in [-0.15, -0.1) is 0 Å². The molecule has 0 aromatic heterocycles. The molecule has 1 heterocycles. The highest BCUT2D eigenvalue weighted by atomic mass is 32.1. The molecule has 0 aliphatic carbocycles. The molecule has 3 rings (SSSR count). The first-order valence-corrected chi connectivity index (χ1v) is 11.0. The van der Waals surface area contributed by atoms with E-state index >= 15 is 0 Å². The molecular weight excluding hydrogens is 458 g/mol. The standard InChI is InChI=1S/C24H27N3O6S/c1-26-22(29)18(14-21(28)25-17-8-6-16(7-9-17)23(30)33-4)27(24(26)34)12-11-15-5-10-19(31-2)20(13-15)32-3/h5-10,13,18H,11-12,14H2,1-4H3,(H,25,28)/t18-/m0/s1. The molecule has 1 fully saturated rings. The fraction of sp³-hybridized carbons (Fsp3) is 0.333. The van der Waals surface area contributed by atoms with Crippen LogP contribution in [0.2, 0.25) is 0 Å². The van der Waals surface area contributed by atoms with E-state index in [1.165, 1.54) is 12.0 Å². The van der Waals surface area contributed by atoms with Gasteiger partial charge < -0.3 is 24.4 Å². The van der Waals surface area contributed by atoms with Gasteiger partial charge >= 0.3 is 5.97 Å². The maximum absolute atomic E-state index is 12.8. The Morgan fingerprint density at radius 3 is 2.32 bits per heavy atom. The van der Waals surface area contributed by atoms with Crippen LogP contribution in [0.3, 0.4) is 0 Å². The van der Waals surface area contributed by atoms with Gasteiger partial charge in [0.15, 0.2) is 16.6 Å². The highest BCUT2D eigenvalue weighted by Gasteiger charge is 2.41. The minimum atomic E-state index is -0.702. The van der Waals surface area contributed by atoms with Gasteiger partial charge in [-0.05, 0) is 60.6 Å². The summed E-state index contributed by atoms with van der Waals surface area (Å²) in [7, 11) is 6.06. The van der Waals surface area contributed by atoms with Crippen molar-refractivity contribution in [2.45, 2.75) is 18.9 Å². The molecule has 1 N–H and O–H groups in total. The summed E-state index contributed by atoms with van der Waals surface area (Å²) >= 11 is 5.46. The number of thiocarbonyl (C=S) groups is 1. The minimum absolute atomic E-state index is 0.0615. The Labute approximate surface area is 203 Å². The fourth-order valence-corrected chi connectivity index (χ4v) is 4.02. The normalized spacial score (nSPS) is 15.4. The second kappa shape index (κ2) is 11.0. The van der Waals surface area contributed by atoms with Crippen molar-refractivity contribution in [3.8, 4) is 11.5 Å². The summed E-state index contributed by atoms with van der Waals surface area (Å²) in [5, 5.41) is 3.14. The van der Waals surface area contributed by atoms with Crippen molar-refractivity contribution < 1.29 is 28.6 Å². The van der Waals surface area contributed by atoms with Crippen LogP contribution in [-0.4, -0.2) is 73.7 Å². The molecule has 180 valence electrons. The van der Waals surface area contributed by atoms with Gasteiger partial charge in [0, 0.05) is 19.3 Å². The maximum Gasteiger partial charge on any atom is 0.337 e. The zero-order valence-corrected chi connectivity index (χ0v) is 20.3. The molecule has 1 aliphatic rings. The van der Waals surface area contributed by atoms with Crippen molar-refractivity contribution in [1.82, 2.24) is 9.80 Å². The molecule has 34 heavy (non-hydrogen) atoms. The molecule has 2 amide bonds. The predicted octanol–water partition coefficient (Wildman–Crippen LogP) is 2.49. The van der Waals surface area contributed by atoms with Crippen molar-refractivity contribution in [1.29, 1.82) is 0 Å². The number of rotatable bonds is 9. The summed E-state index contributed by atoms with van der Waals surface area (Å²) in [6.45, 7) is 0.455. The molecule has 1 aliphatic heterocycles. The fourth-order valence-electron chi connectivity index (χ4n) is 3.71. The summed E-state index contributed by atoms with van der Waals surface area (Å²) in [5.74, 6) is 0.223. The van der Waals surface area contributed by atoms with Crippen LogP contribution in [0, 0.1) is 0 Å². The summed E-state index contributed by atoms with van der Waals surface area (Å²) in [5.41, 5.74) is 1.87. The first-order valence-electron chi connectivity index (χ1n) is 10.6. The van der Waals surface area contributed by atoms with Gasteiger partial charge in [-0.2, -0.15) is 0 Å². The Balaban J connectivity index is 1.67. The van der Waals surface area contributed by atoms with Gasteiger partial charge in [-0.25, -0.2) is 4.79 Å². The molecule has 9 nitrogen and oxygen atoms in total. The Bertz CT molecular complexity index is 1090. The first kappa shape index (κ1) is 25.0. The Hall–Kier alpha value is -3.66. The zero-order chi connectivity index (χ0) is 24.8. The molecule has 2 aromatic rings. The maximum atomic E-state index is 12.8. The Morgan fingerprint density at radius 2 is 1.71 bits per heavy atom. The van der Waals surface area contributed by atoms with Crippen LogP contribution in [0.15, 0.2) is 42.5 Å². The highest BCUT2D eigenvalue weighted by molar-refractivity contribution is 7.80. The quantitative estimate of drug-likeness (QED) is 0.428. The molecule has 10 heteroatoms. The van der Waals surface area contributed by atoms with E-state index in [0.717, 1.165) is 5.56 Å². The number of methoxy groups -OCH3 is 3. The number of nitrogens with zero attached hydrogens (tertiary/aromatic N) is 2. The van der Waals surface area contributed by atoms with Crippen LogP contribution in [0.1, 0.15) is 22.3 Å². The van der Waals surface area contributed by atoms with E-state index in [4.69, 9.17) is 21.7 Å². The van der Waals surface area contributed by atoms with Crippen LogP contribution < -0.4 is 14.8 Å². The topological polar surface area (TPSA) is 97.4 Å². The second-order valence-corrected chi connectivity index (χ2v) is 8.01. The lowest BCUT2D eigenvalue weighted by Crippen LogP contribution is -2.39. The molecule has 0 spiro atoms. The van der Waals surface area contributed by atoms with Crippen LogP contribution in [0.4, 0.5) is 5.69 Å².